The molecule has 0 aliphatic carbocycles. The molecule has 0 spiro atoms. The van der Waals surface area contributed by atoms with E-state index in [2.05, 4.69) is 134 Å². The van der Waals surface area contributed by atoms with Gasteiger partial charge in [-0.15, -0.1) is 0 Å². The van der Waals surface area contributed by atoms with E-state index in [9.17, 15) is 0 Å². The molecule has 29 heavy (non-hydrogen) atoms. The second kappa shape index (κ2) is 8.37. The van der Waals surface area contributed by atoms with Gasteiger partial charge < -0.3 is 9.33 Å². The zero-order valence-corrected chi connectivity index (χ0v) is 20.7. The van der Waals surface area contributed by atoms with Gasteiger partial charge in [0.15, 0.2) is 0 Å². The molecule has 0 radical (unpaired) electrons. The van der Waals surface area contributed by atoms with E-state index in [0.717, 1.165) is 27.3 Å². The number of hydrogen-bond donors (Lipinski definition) is 0. The molecule has 0 atom stereocenters. The molecule has 3 aromatic rings. The lowest BCUT2D eigenvalue weighted by Crippen LogP contribution is -2.43. The second-order valence-corrected chi connectivity index (χ2v) is 14.6. The number of nitrogens with zero attached hydrogens (tertiary/aromatic N) is 1. The van der Waals surface area contributed by atoms with Crippen molar-refractivity contribution in [2.45, 2.75) is 45.8 Å². The molecule has 0 amide bonds. The lowest BCUT2D eigenvalue weighted by molar-refractivity contribution is 0.492. The summed E-state index contributed by atoms with van der Waals surface area (Å²) in [5, 5.41) is 0.178. The molecule has 0 heterocycles. The second-order valence-electron chi connectivity index (χ2n) is 9.00. The maximum atomic E-state index is 6.46. The summed E-state index contributed by atoms with van der Waals surface area (Å²) < 4.78 is 7.53. The quantitative estimate of drug-likeness (QED) is 0.348. The van der Waals surface area contributed by atoms with Crippen LogP contribution in [0, 0.1) is 6.92 Å². The summed E-state index contributed by atoms with van der Waals surface area (Å²) in [5.41, 5.74) is 4.62. The molecule has 0 fully saturated rings. The maximum absolute atomic E-state index is 6.46. The Morgan fingerprint density at radius 2 is 1.14 bits per heavy atom. The lowest BCUT2D eigenvalue weighted by Gasteiger charge is -2.36. The van der Waals surface area contributed by atoms with Crippen LogP contribution in [0.5, 0.6) is 5.75 Å². The molecular weight excluding hydrogens is 438 g/mol. The van der Waals surface area contributed by atoms with E-state index in [-0.39, 0.29) is 5.04 Å². The van der Waals surface area contributed by atoms with Crippen molar-refractivity contribution < 1.29 is 4.43 Å². The first-order valence-corrected chi connectivity index (χ1v) is 13.7. The Hall–Kier alpha value is -2.04. The van der Waals surface area contributed by atoms with Crippen LogP contribution in [0.2, 0.25) is 18.1 Å². The van der Waals surface area contributed by atoms with E-state index >= 15 is 0 Å². The van der Waals surface area contributed by atoms with E-state index in [0.29, 0.717) is 0 Å². The monoisotopic (exact) mass is 467 g/mol. The number of anilines is 3. The SMILES string of the molecule is Cc1ccc(N(c2ccc(Br)cc2)c2ccc(O[Si](C)(C)C(C)(C)C)cc2)cc1. The summed E-state index contributed by atoms with van der Waals surface area (Å²) >= 11 is 3.54. The molecule has 2 nitrogen and oxygen atoms in total. The molecule has 3 aromatic carbocycles. The molecule has 0 aromatic heterocycles. The summed E-state index contributed by atoms with van der Waals surface area (Å²) in [6, 6.07) is 25.5. The Morgan fingerprint density at radius 3 is 1.59 bits per heavy atom. The average molecular weight is 469 g/mol. The minimum Gasteiger partial charge on any atom is -0.544 e. The van der Waals surface area contributed by atoms with Crippen molar-refractivity contribution in [2.24, 2.45) is 0 Å². The van der Waals surface area contributed by atoms with E-state index in [1.165, 1.54) is 5.56 Å². The molecule has 0 N–H and O–H groups in total. The van der Waals surface area contributed by atoms with E-state index < -0.39 is 8.32 Å². The highest BCUT2D eigenvalue weighted by atomic mass is 79.9. The van der Waals surface area contributed by atoms with E-state index in [4.69, 9.17) is 4.43 Å². The van der Waals surface area contributed by atoms with Gasteiger partial charge in [-0.2, -0.15) is 0 Å². The minimum atomic E-state index is -1.85. The van der Waals surface area contributed by atoms with Crippen LogP contribution in [0.4, 0.5) is 17.1 Å². The van der Waals surface area contributed by atoms with Gasteiger partial charge in [0.2, 0.25) is 8.32 Å². The smallest absolute Gasteiger partial charge is 0.250 e. The minimum absolute atomic E-state index is 0.178. The van der Waals surface area contributed by atoms with Gasteiger partial charge in [-0.3, -0.25) is 0 Å². The summed E-state index contributed by atoms with van der Waals surface area (Å²) in [4.78, 5) is 2.27. The molecule has 3 rings (SSSR count). The number of aryl methyl sites for hydroxylation is 1. The fourth-order valence-corrected chi connectivity index (χ4v) is 4.14. The Balaban J connectivity index is 1.96. The third-order valence-corrected chi connectivity index (χ3v) is 10.5. The van der Waals surface area contributed by atoms with Crippen LogP contribution in [0.1, 0.15) is 26.3 Å². The largest absolute Gasteiger partial charge is 0.544 e. The molecular formula is C25H30BrNOSi. The highest BCUT2D eigenvalue weighted by Crippen LogP contribution is 2.39. The molecule has 0 bridgehead atoms. The van der Waals surface area contributed by atoms with Crippen LogP contribution >= 0.6 is 15.9 Å². The van der Waals surface area contributed by atoms with Crippen LogP contribution < -0.4 is 9.33 Å². The van der Waals surface area contributed by atoms with Crippen molar-refractivity contribution >= 4 is 41.3 Å². The van der Waals surface area contributed by atoms with Crippen molar-refractivity contribution in [2.75, 3.05) is 4.90 Å². The number of halogens is 1. The van der Waals surface area contributed by atoms with Gasteiger partial charge in [-0.05, 0) is 85.7 Å². The third-order valence-electron chi connectivity index (χ3n) is 5.65. The number of hydrogen-bond acceptors (Lipinski definition) is 2. The summed E-state index contributed by atoms with van der Waals surface area (Å²) in [7, 11) is -1.85. The predicted molar refractivity (Wildman–Crippen MR) is 131 cm³/mol. The third kappa shape index (κ3) is 5.12. The molecule has 152 valence electrons. The van der Waals surface area contributed by atoms with Gasteiger partial charge in [-0.25, -0.2) is 0 Å². The van der Waals surface area contributed by atoms with Gasteiger partial charge >= 0.3 is 0 Å². The van der Waals surface area contributed by atoms with Crippen LogP contribution in [0.3, 0.4) is 0 Å². The van der Waals surface area contributed by atoms with Crippen LogP contribution in [-0.2, 0) is 0 Å². The molecule has 0 saturated heterocycles. The van der Waals surface area contributed by atoms with Crippen molar-refractivity contribution in [1.29, 1.82) is 0 Å². The maximum Gasteiger partial charge on any atom is 0.250 e. The lowest BCUT2D eigenvalue weighted by atomic mass is 10.1. The normalized spacial score (nSPS) is 12.0. The standard InChI is InChI=1S/C25H30BrNOSi/c1-19-7-11-21(12-8-19)27(22-13-9-20(26)10-14-22)23-15-17-24(18-16-23)28-29(5,6)25(2,3)4/h7-18H,1-6H3. The van der Waals surface area contributed by atoms with E-state index in [1.54, 1.807) is 0 Å². The highest BCUT2D eigenvalue weighted by Gasteiger charge is 2.38. The Morgan fingerprint density at radius 1 is 0.724 bits per heavy atom. The van der Waals surface area contributed by atoms with Crippen molar-refractivity contribution in [3.05, 3.63) is 82.8 Å². The summed E-state index contributed by atoms with van der Waals surface area (Å²) in [5.74, 6) is 0.944. The first-order chi connectivity index (χ1) is 13.6. The molecule has 0 aliphatic rings. The first kappa shape index (κ1) is 21.7. The van der Waals surface area contributed by atoms with Crippen LogP contribution in [0.25, 0.3) is 0 Å². The summed E-state index contributed by atoms with van der Waals surface area (Å²) in [6.07, 6.45) is 0. The Bertz CT molecular complexity index is 897. The zero-order valence-electron chi connectivity index (χ0n) is 18.2. The van der Waals surface area contributed by atoms with Gasteiger partial charge in [0.05, 0.1) is 0 Å². The van der Waals surface area contributed by atoms with Gasteiger partial charge in [0, 0.05) is 21.5 Å². The molecule has 0 unspecified atom stereocenters. The first-order valence-electron chi connectivity index (χ1n) is 9.98. The van der Waals surface area contributed by atoms with Crippen molar-refractivity contribution in [1.82, 2.24) is 0 Å². The predicted octanol–water partition coefficient (Wildman–Crippen LogP) is 8.61. The molecule has 0 aliphatic heterocycles. The van der Waals surface area contributed by atoms with Crippen LogP contribution in [-0.4, -0.2) is 8.32 Å². The fraction of sp³-hybridized carbons (Fsp3) is 0.280. The Kier molecular flexibility index (Phi) is 6.25. The molecule has 0 saturated carbocycles. The van der Waals surface area contributed by atoms with Gasteiger partial charge in [0.25, 0.3) is 0 Å². The van der Waals surface area contributed by atoms with Crippen molar-refractivity contribution in [3.8, 4) is 5.75 Å². The van der Waals surface area contributed by atoms with Crippen molar-refractivity contribution in [3.63, 3.8) is 0 Å². The number of benzene rings is 3. The topological polar surface area (TPSA) is 12.5 Å². The van der Waals surface area contributed by atoms with E-state index in [1.807, 2.05) is 0 Å². The fourth-order valence-electron chi connectivity index (χ4n) is 2.84. The van der Waals surface area contributed by atoms with Gasteiger partial charge in [0.1, 0.15) is 5.75 Å². The zero-order chi connectivity index (χ0) is 21.2. The number of rotatable bonds is 5. The Labute approximate surface area is 184 Å². The highest BCUT2D eigenvalue weighted by molar-refractivity contribution is 9.10. The van der Waals surface area contributed by atoms with Crippen LogP contribution in [0.15, 0.2) is 77.3 Å². The van der Waals surface area contributed by atoms with Gasteiger partial charge in [-0.1, -0.05) is 54.4 Å². The summed E-state index contributed by atoms with van der Waals surface area (Å²) in [6.45, 7) is 13.5. The average Bonchev–Trinajstić information content (AvgIpc) is 2.65. The molecule has 4 heteroatoms.